The van der Waals surface area contributed by atoms with E-state index in [1.165, 1.54) is 5.56 Å². The van der Waals surface area contributed by atoms with Crippen LogP contribution in [0.2, 0.25) is 0 Å². The molecule has 2 heteroatoms. The molecule has 0 spiro atoms. The van der Waals surface area contributed by atoms with Crippen LogP contribution in [-0.2, 0) is 6.42 Å². The Bertz CT molecular complexity index is 522. The van der Waals surface area contributed by atoms with Crippen molar-refractivity contribution in [3.63, 3.8) is 0 Å². The molecule has 0 saturated carbocycles. The first-order valence-corrected chi connectivity index (χ1v) is 7.44. The summed E-state index contributed by atoms with van der Waals surface area (Å²) in [6, 6.07) is 16.5. The minimum atomic E-state index is -0.364. The maximum absolute atomic E-state index is 10.3. The molecule has 1 atom stereocenters. The van der Waals surface area contributed by atoms with Crippen LogP contribution in [0.4, 0.5) is 0 Å². The molecule has 0 bridgehead atoms. The van der Waals surface area contributed by atoms with Gasteiger partial charge in [-0.1, -0.05) is 52.3 Å². The first kappa shape index (κ1) is 14.3. The van der Waals surface area contributed by atoms with E-state index in [-0.39, 0.29) is 6.10 Å². The second-order valence-electron chi connectivity index (χ2n) is 4.89. The molecule has 1 N–H and O–H groups in total. The molecular formula is C17H19BrO. The minimum absolute atomic E-state index is 0.364. The van der Waals surface area contributed by atoms with E-state index in [0.29, 0.717) is 0 Å². The summed E-state index contributed by atoms with van der Waals surface area (Å²) in [7, 11) is 0. The number of hydrogen-bond donors (Lipinski definition) is 1. The summed E-state index contributed by atoms with van der Waals surface area (Å²) < 4.78 is 1.06. The number of aliphatic hydroxyl groups excluding tert-OH is 1. The topological polar surface area (TPSA) is 20.2 Å². The summed E-state index contributed by atoms with van der Waals surface area (Å²) in [6.07, 6.45) is 2.46. The molecule has 0 saturated heterocycles. The Morgan fingerprint density at radius 1 is 1.11 bits per heavy atom. The van der Waals surface area contributed by atoms with Gasteiger partial charge in [-0.2, -0.15) is 0 Å². The van der Waals surface area contributed by atoms with Crippen molar-refractivity contribution in [2.75, 3.05) is 0 Å². The fraction of sp³-hybridized carbons (Fsp3) is 0.294. The highest BCUT2D eigenvalue weighted by molar-refractivity contribution is 9.10. The van der Waals surface area contributed by atoms with Gasteiger partial charge in [0.15, 0.2) is 0 Å². The molecule has 0 fully saturated rings. The Kier molecular flexibility index (Phi) is 5.17. The predicted octanol–water partition coefficient (Wildman–Crippen LogP) is 4.81. The molecule has 0 aliphatic heterocycles. The third-order valence-corrected chi connectivity index (χ3v) is 3.87. The van der Waals surface area contributed by atoms with Gasteiger partial charge >= 0.3 is 0 Å². The van der Waals surface area contributed by atoms with Crippen molar-refractivity contribution >= 4 is 15.9 Å². The molecule has 2 rings (SSSR count). The average molecular weight is 319 g/mol. The van der Waals surface area contributed by atoms with Crippen LogP contribution in [0.15, 0.2) is 53.0 Å². The van der Waals surface area contributed by atoms with E-state index < -0.39 is 0 Å². The number of hydrogen-bond acceptors (Lipinski definition) is 1. The van der Waals surface area contributed by atoms with Crippen molar-refractivity contribution in [3.8, 4) is 0 Å². The molecule has 0 aliphatic carbocycles. The second-order valence-corrected chi connectivity index (χ2v) is 5.81. The summed E-state index contributed by atoms with van der Waals surface area (Å²) in [5, 5.41) is 10.3. The third-order valence-electron chi connectivity index (χ3n) is 3.38. The van der Waals surface area contributed by atoms with Crippen molar-refractivity contribution in [2.24, 2.45) is 0 Å². The normalized spacial score (nSPS) is 12.4. The van der Waals surface area contributed by atoms with Gasteiger partial charge in [0.25, 0.3) is 0 Å². The maximum atomic E-state index is 10.3. The van der Waals surface area contributed by atoms with Crippen LogP contribution in [0.5, 0.6) is 0 Å². The highest BCUT2D eigenvalue weighted by Gasteiger charge is 2.10. The predicted molar refractivity (Wildman–Crippen MR) is 83.2 cm³/mol. The van der Waals surface area contributed by atoms with Gasteiger partial charge in [0.2, 0.25) is 0 Å². The van der Waals surface area contributed by atoms with Crippen molar-refractivity contribution in [1.29, 1.82) is 0 Å². The number of aryl methyl sites for hydroxylation is 2. The summed E-state index contributed by atoms with van der Waals surface area (Å²) in [6.45, 7) is 2.04. The fourth-order valence-electron chi connectivity index (χ4n) is 2.31. The smallest absolute Gasteiger partial charge is 0.0792 e. The van der Waals surface area contributed by atoms with Crippen molar-refractivity contribution in [1.82, 2.24) is 0 Å². The van der Waals surface area contributed by atoms with Gasteiger partial charge in [0.1, 0.15) is 0 Å². The van der Waals surface area contributed by atoms with Gasteiger partial charge in [0, 0.05) is 4.47 Å². The van der Waals surface area contributed by atoms with Gasteiger partial charge in [0.05, 0.1) is 6.10 Å². The van der Waals surface area contributed by atoms with Crippen LogP contribution in [-0.4, -0.2) is 5.11 Å². The van der Waals surface area contributed by atoms with Gasteiger partial charge in [-0.3, -0.25) is 0 Å². The van der Waals surface area contributed by atoms with Crippen LogP contribution in [0.3, 0.4) is 0 Å². The lowest BCUT2D eigenvalue weighted by atomic mass is 9.98. The molecule has 100 valence electrons. The van der Waals surface area contributed by atoms with E-state index in [4.69, 9.17) is 0 Å². The Hall–Kier alpha value is -1.12. The lowest BCUT2D eigenvalue weighted by Gasteiger charge is -2.14. The molecule has 1 unspecified atom stereocenters. The lowest BCUT2D eigenvalue weighted by Crippen LogP contribution is -2.01. The number of rotatable bonds is 5. The average Bonchev–Trinajstić information content (AvgIpc) is 2.39. The Morgan fingerprint density at radius 3 is 2.53 bits per heavy atom. The van der Waals surface area contributed by atoms with E-state index in [1.807, 2.05) is 25.1 Å². The van der Waals surface area contributed by atoms with E-state index in [1.54, 1.807) is 0 Å². The zero-order valence-corrected chi connectivity index (χ0v) is 12.7. The zero-order chi connectivity index (χ0) is 13.7. The molecular weight excluding hydrogens is 300 g/mol. The number of benzene rings is 2. The highest BCUT2D eigenvalue weighted by Crippen LogP contribution is 2.25. The SMILES string of the molecule is Cc1cc(Br)ccc1C(O)CCCc1ccccc1. The first-order valence-electron chi connectivity index (χ1n) is 6.65. The van der Waals surface area contributed by atoms with Crippen molar-refractivity contribution in [3.05, 3.63) is 69.7 Å². The summed E-state index contributed by atoms with van der Waals surface area (Å²) in [5.41, 5.74) is 3.51. The first-order chi connectivity index (χ1) is 9.16. The highest BCUT2D eigenvalue weighted by atomic mass is 79.9. The van der Waals surface area contributed by atoms with Crippen LogP contribution < -0.4 is 0 Å². The standard InChI is InChI=1S/C17H19BrO/c1-13-12-15(18)10-11-16(13)17(19)9-5-8-14-6-3-2-4-7-14/h2-4,6-7,10-12,17,19H,5,8-9H2,1H3. The molecule has 0 radical (unpaired) electrons. The number of halogens is 1. The van der Waals surface area contributed by atoms with Crippen LogP contribution >= 0.6 is 15.9 Å². The van der Waals surface area contributed by atoms with Crippen molar-refractivity contribution in [2.45, 2.75) is 32.3 Å². The fourth-order valence-corrected chi connectivity index (χ4v) is 2.79. The van der Waals surface area contributed by atoms with E-state index in [2.05, 4.69) is 46.3 Å². The summed E-state index contributed by atoms with van der Waals surface area (Å²) >= 11 is 3.45. The maximum Gasteiger partial charge on any atom is 0.0792 e. The molecule has 2 aromatic carbocycles. The summed E-state index contributed by atoms with van der Waals surface area (Å²) in [4.78, 5) is 0. The lowest BCUT2D eigenvalue weighted by molar-refractivity contribution is 0.164. The molecule has 2 aromatic rings. The van der Waals surface area contributed by atoms with Crippen LogP contribution in [0, 0.1) is 6.92 Å². The van der Waals surface area contributed by atoms with E-state index in [0.717, 1.165) is 34.9 Å². The van der Waals surface area contributed by atoms with Crippen LogP contribution in [0.1, 0.15) is 35.6 Å². The zero-order valence-electron chi connectivity index (χ0n) is 11.1. The minimum Gasteiger partial charge on any atom is -0.388 e. The van der Waals surface area contributed by atoms with E-state index >= 15 is 0 Å². The molecule has 0 amide bonds. The van der Waals surface area contributed by atoms with Gasteiger partial charge < -0.3 is 5.11 Å². The summed E-state index contributed by atoms with van der Waals surface area (Å²) in [5.74, 6) is 0. The third kappa shape index (κ3) is 4.19. The van der Waals surface area contributed by atoms with Gasteiger partial charge in [-0.25, -0.2) is 0 Å². The molecule has 19 heavy (non-hydrogen) atoms. The van der Waals surface area contributed by atoms with Crippen LogP contribution in [0.25, 0.3) is 0 Å². The Morgan fingerprint density at radius 2 is 1.84 bits per heavy atom. The Labute approximate surface area is 123 Å². The quantitative estimate of drug-likeness (QED) is 0.838. The Balaban J connectivity index is 1.89. The molecule has 1 nitrogen and oxygen atoms in total. The van der Waals surface area contributed by atoms with Gasteiger partial charge in [-0.05, 0) is 55.0 Å². The monoisotopic (exact) mass is 318 g/mol. The number of aliphatic hydroxyl groups is 1. The largest absolute Gasteiger partial charge is 0.388 e. The van der Waals surface area contributed by atoms with Gasteiger partial charge in [-0.15, -0.1) is 0 Å². The van der Waals surface area contributed by atoms with Crippen molar-refractivity contribution < 1.29 is 5.11 Å². The second kappa shape index (κ2) is 6.88. The van der Waals surface area contributed by atoms with E-state index in [9.17, 15) is 5.11 Å². The molecule has 0 heterocycles. The molecule has 0 aliphatic rings. The molecule has 0 aromatic heterocycles.